The lowest BCUT2D eigenvalue weighted by Crippen LogP contribution is -2.45. The first-order chi connectivity index (χ1) is 14.2. The van der Waals surface area contributed by atoms with Gasteiger partial charge in [0.15, 0.2) is 5.96 Å². The van der Waals surface area contributed by atoms with Gasteiger partial charge in [0.05, 0.1) is 13.2 Å². The number of hydrogen-bond acceptors (Lipinski definition) is 4. The highest BCUT2D eigenvalue weighted by Gasteiger charge is 2.22. The fourth-order valence-electron chi connectivity index (χ4n) is 3.58. The monoisotopic (exact) mass is 531 g/mol. The molecule has 1 fully saturated rings. The van der Waals surface area contributed by atoms with Crippen LogP contribution in [0.4, 0.5) is 0 Å². The van der Waals surface area contributed by atoms with E-state index in [2.05, 4.69) is 38.0 Å². The van der Waals surface area contributed by atoms with Crippen LogP contribution < -0.4 is 20.7 Å². The number of nitrogens with zero attached hydrogens (tertiary/aromatic N) is 2. The standard InChI is InChI=1S/C22H37N5O2.HI/c1-4-13-24-21(28)12-14-25-22(23-2)26-17-20(27-15-6-5-7-16-27)18-8-10-19(29-3)11-9-18;/h8-11,20H,4-7,12-17H2,1-3H3,(H,24,28)(H2,23,25,26);1H. The van der Waals surface area contributed by atoms with Gasteiger partial charge in [-0.1, -0.05) is 25.5 Å². The van der Waals surface area contributed by atoms with Gasteiger partial charge in [-0.25, -0.2) is 0 Å². The van der Waals surface area contributed by atoms with Gasteiger partial charge in [0.1, 0.15) is 5.75 Å². The summed E-state index contributed by atoms with van der Waals surface area (Å²) in [5, 5.41) is 9.58. The van der Waals surface area contributed by atoms with Crippen molar-refractivity contribution in [3.8, 4) is 5.75 Å². The molecule has 0 aliphatic carbocycles. The molecule has 1 aliphatic heterocycles. The van der Waals surface area contributed by atoms with E-state index in [1.807, 2.05) is 19.1 Å². The second kappa shape index (κ2) is 15.3. The number of carbonyl (C=O) groups is 1. The van der Waals surface area contributed by atoms with Crippen LogP contribution in [0.25, 0.3) is 0 Å². The molecule has 1 aromatic rings. The van der Waals surface area contributed by atoms with Crippen LogP contribution >= 0.6 is 24.0 Å². The summed E-state index contributed by atoms with van der Waals surface area (Å²) < 4.78 is 5.31. The number of halogens is 1. The Bertz CT molecular complexity index is 633. The summed E-state index contributed by atoms with van der Waals surface area (Å²) in [6, 6.07) is 8.61. The number of benzene rings is 1. The van der Waals surface area contributed by atoms with Gasteiger partial charge in [-0.05, 0) is 50.0 Å². The number of rotatable bonds is 10. The molecule has 1 heterocycles. The molecular weight excluding hydrogens is 493 g/mol. The summed E-state index contributed by atoms with van der Waals surface area (Å²) in [6.45, 7) is 6.32. The highest BCUT2D eigenvalue weighted by atomic mass is 127. The SMILES string of the molecule is CCCNC(=O)CCNC(=NC)NCC(c1ccc(OC)cc1)N1CCCCC1.I. The lowest BCUT2D eigenvalue weighted by atomic mass is 10.0. The number of guanidine groups is 1. The lowest BCUT2D eigenvalue weighted by molar-refractivity contribution is -0.120. The van der Waals surface area contributed by atoms with Crippen LogP contribution in [0.3, 0.4) is 0 Å². The second-order valence-corrected chi connectivity index (χ2v) is 7.37. The zero-order valence-corrected chi connectivity index (χ0v) is 20.9. The molecule has 0 spiro atoms. The van der Waals surface area contributed by atoms with Crippen molar-refractivity contribution in [1.82, 2.24) is 20.9 Å². The Kier molecular flexibility index (Phi) is 13.5. The predicted octanol–water partition coefficient (Wildman–Crippen LogP) is 2.92. The Hall–Kier alpha value is -1.55. The van der Waals surface area contributed by atoms with Crippen molar-refractivity contribution in [2.75, 3.05) is 46.9 Å². The average molecular weight is 531 g/mol. The van der Waals surface area contributed by atoms with Crippen molar-refractivity contribution in [1.29, 1.82) is 0 Å². The van der Waals surface area contributed by atoms with Gasteiger partial charge in [-0.3, -0.25) is 14.7 Å². The number of hydrogen-bond donors (Lipinski definition) is 3. The summed E-state index contributed by atoms with van der Waals surface area (Å²) in [5.41, 5.74) is 1.27. The van der Waals surface area contributed by atoms with Crippen LogP contribution in [-0.4, -0.2) is 63.6 Å². The Morgan fingerprint density at radius 3 is 2.40 bits per heavy atom. The average Bonchev–Trinajstić information content (AvgIpc) is 2.77. The van der Waals surface area contributed by atoms with Crippen LogP contribution in [0.5, 0.6) is 5.75 Å². The first-order valence-electron chi connectivity index (χ1n) is 10.8. The van der Waals surface area contributed by atoms with Crippen molar-refractivity contribution < 1.29 is 9.53 Å². The van der Waals surface area contributed by atoms with Crippen LogP contribution in [0, 0.1) is 0 Å². The quantitative estimate of drug-likeness (QED) is 0.246. The van der Waals surface area contributed by atoms with Gasteiger partial charge in [0.25, 0.3) is 0 Å². The topological polar surface area (TPSA) is 78.0 Å². The Morgan fingerprint density at radius 2 is 1.80 bits per heavy atom. The normalized spacial score (nSPS) is 15.6. The highest BCUT2D eigenvalue weighted by molar-refractivity contribution is 14.0. The van der Waals surface area contributed by atoms with Gasteiger partial charge >= 0.3 is 0 Å². The smallest absolute Gasteiger partial charge is 0.221 e. The zero-order valence-electron chi connectivity index (χ0n) is 18.6. The van der Waals surface area contributed by atoms with Crippen molar-refractivity contribution in [2.24, 2.45) is 4.99 Å². The number of aliphatic imine (C=N–C) groups is 1. The van der Waals surface area contributed by atoms with Crippen molar-refractivity contribution in [2.45, 2.75) is 45.1 Å². The predicted molar refractivity (Wildman–Crippen MR) is 134 cm³/mol. The van der Waals surface area contributed by atoms with E-state index in [1.165, 1.54) is 24.8 Å². The van der Waals surface area contributed by atoms with E-state index in [4.69, 9.17) is 4.74 Å². The minimum Gasteiger partial charge on any atom is -0.497 e. The fraction of sp³-hybridized carbons (Fsp3) is 0.636. The number of nitrogens with one attached hydrogen (secondary N) is 3. The van der Waals surface area contributed by atoms with Crippen LogP contribution in [0.15, 0.2) is 29.3 Å². The van der Waals surface area contributed by atoms with E-state index in [0.717, 1.165) is 44.3 Å². The largest absolute Gasteiger partial charge is 0.497 e. The molecule has 3 N–H and O–H groups in total. The molecule has 1 amide bonds. The number of carbonyl (C=O) groups excluding carboxylic acids is 1. The maximum absolute atomic E-state index is 11.8. The summed E-state index contributed by atoms with van der Waals surface area (Å²) in [7, 11) is 3.45. The van der Waals surface area contributed by atoms with E-state index in [9.17, 15) is 4.79 Å². The van der Waals surface area contributed by atoms with Crippen molar-refractivity contribution in [3.63, 3.8) is 0 Å². The number of likely N-dealkylation sites (tertiary alicyclic amines) is 1. The van der Waals surface area contributed by atoms with Gasteiger partial charge in [-0.2, -0.15) is 0 Å². The summed E-state index contributed by atoms with van der Waals surface area (Å²) in [4.78, 5) is 18.6. The first-order valence-corrected chi connectivity index (χ1v) is 10.8. The van der Waals surface area contributed by atoms with Crippen LogP contribution in [-0.2, 0) is 4.79 Å². The molecule has 1 aliphatic rings. The minimum absolute atomic E-state index is 0. The molecule has 0 radical (unpaired) electrons. The van der Waals surface area contributed by atoms with E-state index < -0.39 is 0 Å². The number of ether oxygens (including phenoxy) is 1. The maximum atomic E-state index is 11.8. The number of methoxy groups -OCH3 is 1. The molecule has 0 bridgehead atoms. The number of piperidine rings is 1. The molecule has 2 rings (SSSR count). The van der Waals surface area contributed by atoms with Gasteiger partial charge < -0.3 is 20.7 Å². The van der Waals surface area contributed by atoms with E-state index in [0.29, 0.717) is 13.0 Å². The third-order valence-electron chi connectivity index (χ3n) is 5.24. The molecule has 1 saturated heterocycles. The maximum Gasteiger partial charge on any atom is 0.221 e. The first kappa shape index (κ1) is 26.5. The molecule has 0 saturated carbocycles. The zero-order chi connectivity index (χ0) is 20.9. The fourth-order valence-corrected chi connectivity index (χ4v) is 3.58. The Balaban J connectivity index is 0.00000450. The van der Waals surface area contributed by atoms with Crippen molar-refractivity contribution >= 4 is 35.8 Å². The number of amides is 1. The molecule has 1 aromatic carbocycles. The lowest BCUT2D eigenvalue weighted by Gasteiger charge is -2.35. The summed E-state index contributed by atoms with van der Waals surface area (Å²) in [5.74, 6) is 1.67. The van der Waals surface area contributed by atoms with Crippen LogP contribution in [0.2, 0.25) is 0 Å². The van der Waals surface area contributed by atoms with Crippen molar-refractivity contribution in [3.05, 3.63) is 29.8 Å². The molecule has 7 nitrogen and oxygen atoms in total. The third-order valence-corrected chi connectivity index (χ3v) is 5.24. The van der Waals surface area contributed by atoms with E-state index in [1.54, 1.807) is 14.2 Å². The van der Waals surface area contributed by atoms with E-state index >= 15 is 0 Å². The van der Waals surface area contributed by atoms with Crippen LogP contribution in [0.1, 0.15) is 50.6 Å². The highest BCUT2D eigenvalue weighted by Crippen LogP contribution is 2.25. The summed E-state index contributed by atoms with van der Waals surface area (Å²) >= 11 is 0. The molecule has 0 aromatic heterocycles. The summed E-state index contributed by atoms with van der Waals surface area (Å²) in [6.07, 6.45) is 5.18. The molecular formula is C22H38IN5O2. The molecule has 8 heteroatoms. The molecule has 170 valence electrons. The minimum atomic E-state index is 0. The Morgan fingerprint density at radius 1 is 1.10 bits per heavy atom. The van der Waals surface area contributed by atoms with E-state index in [-0.39, 0.29) is 35.9 Å². The van der Waals surface area contributed by atoms with Gasteiger partial charge in [0.2, 0.25) is 5.91 Å². The van der Waals surface area contributed by atoms with Gasteiger partial charge in [0, 0.05) is 33.1 Å². The Labute approximate surface area is 198 Å². The molecule has 1 unspecified atom stereocenters. The molecule has 30 heavy (non-hydrogen) atoms. The third kappa shape index (κ3) is 9.07. The second-order valence-electron chi connectivity index (χ2n) is 7.37. The molecule has 1 atom stereocenters. The van der Waals surface area contributed by atoms with Gasteiger partial charge in [-0.15, -0.1) is 24.0 Å².